The molecule has 3 aromatic rings. The number of nitrogens with one attached hydrogen (secondary N) is 1. The fourth-order valence-electron chi connectivity index (χ4n) is 3.93. The van der Waals surface area contributed by atoms with Crippen molar-refractivity contribution >= 4 is 28.4 Å². The molecule has 2 heterocycles. The Bertz CT molecular complexity index is 1080. The average Bonchev–Trinajstić information content (AvgIpc) is 2.96. The number of aryl methyl sites for hydroxylation is 3. The van der Waals surface area contributed by atoms with Gasteiger partial charge in [0.15, 0.2) is 0 Å². The normalized spacial score (nSPS) is 17.4. The summed E-state index contributed by atoms with van der Waals surface area (Å²) in [6, 6.07) is 13.6. The van der Waals surface area contributed by atoms with Crippen LogP contribution in [0.3, 0.4) is 0 Å². The fraction of sp³-hybridized carbons (Fsp3) is 0.304. The smallest absolute Gasteiger partial charge is 0.254 e. The van der Waals surface area contributed by atoms with E-state index in [1.807, 2.05) is 63.2 Å². The van der Waals surface area contributed by atoms with Gasteiger partial charge >= 0.3 is 0 Å². The molecule has 1 N–H and O–H groups in total. The Hall–Kier alpha value is -3.08. The number of rotatable bonds is 2. The maximum atomic E-state index is 13.2. The monoisotopic (exact) mass is 375 g/mol. The van der Waals surface area contributed by atoms with Crippen LogP contribution in [0.25, 0.3) is 10.9 Å². The van der Waals surface area contributed by atoms with Gasteiger partial charge in [-0.05, 0) is 69.2 Å². The lowest BCUT2D eigenvalue weighted by atomic mass is 10.1. The van der Waals surface area contributed by atoms with E-state index in [9.17, 15) is 9.59 Å². The number of hydrogen-bond donors (Lipinski definition) is 1. The third kappa shape index (κ3) is 3.07. The van der Waals surface area contributed by atoms with E-state index in [1.165, 1.54) is 0 Å². The van der Waals surface area contributed by atoms with Crippen molar-refractivity contribution in [2.24, 2.45) is 0 Å². The molecule has 28 heavy (non-hydrogen) atoms. The molecule has 5 heteroatoms. The number of hydrogen-bond acceptors (Lipinski definition) is 2. The quantitative estimate of drug-likeness (QED) is 0.737. The summed E-state index contributed by atoms with van der Waals surface area (Å²) in [4.78, 5) is 32.8. The topological polar surface area (TPSA) is 56.4 Å². The highest BCUT2D eigenvalue weighted by Gasteiger charge is 2.33. The summed E-state index contributed by atoms with van der Waals surface area (Å²) < 4.78 is 0. The van der Waals surface area contributed by atoms with Gasteiger partial charge in [-0.2, -0.15) is 0 Å². The van der Waals surface area contributed by atoms with Crippen LogP contribution < -0.4 is 4.90 Å². The Balaban J connectivity index is 1.59. The number of nitrogens with zero attached hydrogens (tertiary/aromatic N) is 2. The number of piperazine rings is 1. The Labute approximate surface area is 165 Å². The minimum Gasteiger partial charge on any atom is -0.358 e. The number of carbonyl (C=O) groups excluding carboxylic acids is 2. The summed E-state index contributed by atoms with van der Waals surface area (Å²) in [7, 11) is 0. The molecular formula is C23H25N3O2. The van der Waals surface area contributed by atoms with E-state index in [1.54, 1.807) is 9.80 Å². The molecule has 1 saturated heterocycles. The second kappa shape index (κ2) is 6.82. The molecule has 1 fully saturated rings. The largest absolute Gasteiger partial charge is 0.358 e. The van der Waals surface area contributed by atoms with Crippen LogP contribution in [0, 0.1) is 20.8 Å². The minimum absolute atomic E-state index is 0.0493. The van der Waals surface area contributed by atoms with Gasteiger partial charge in [0.25, 0.3) is 5.91 Å². The summed E-state index contributed by atoms with van der Waals surface area (Å²) in [6.07, 6.45) is 0. The van der Waals surface area contributed by atoms with Gasteiger partial charge < -0.3 is 14.8 Å². The molecule has 5 nitrogen and oxygen atoms in total. The van der Waals surface area contributed by atoms with Crippen molar-refractivity contribution in [1.29, 1.82) is 0 Å². The van der Waals surface area contributed by atoms with Crippen LogP contribution in [0.1, 0.15) is 34.1 Å². The van der Waals surface area contributed by atoms with Gasteiger partial charge in [-0.3, -0.25) is 9.59 Å². The zero-order chi connectivity index (χ0) is 20.0. The molecule has 0 saturated carbocycles. The Morgan fingerprint density at radius 2 is 1.89 bits per heavy atom. The number of carbonyl (C=O) groups is 2. The van der Waals surface area contributed by atoms with Crippen molar-refractivity contribution in [3.63, 3.8) is 0 Å². The predicted octanol–water partition coefficient (Wildman–Crippen LogP) is 3.97. The highest BCUT2D eigenvalue weighted by atomic mass is 16.2. The van der Waals surface area contributed by atoms with E-state index in [4.69, 9.17) is 0 Å². The first kappa shape index (κ1) is 18.3. The molecule has 0 radical (unpaired) electrons. The predicted molar refractivity (Wildman–Crippen MR) is 112 cm³/mol. The second-order valence-corrected chi connectivity index (χ2v) is 7.76. The number of fused-ring (bicyclic) bond motifs is 1. The van der Waals surface area contributed by atoms with Crippen molar-refractivity contribution in [1.82, 2.24) is 9.88 Å². The Morgan fingerprint density at radius 1 is 1.11 bits per heavy atom. The molecule has 0 bridgehead atoms. The van der Waals surface area contributed by atoms with E-state index in [-0.39, 0.29) is 24.4 Å². The molecular weight excluding hydrogens is 350 g/mol. The van der Waals surface area contributed by atoms with Gasteiger partial charge in [0.1, 0.15) is 6.54 Å². The highest BCUT2D eigenvalue weighted by molar-refractivity contribution is 6.03. The van der Waals surface area contributed by atoms with E-state index < -0.39 is 0 Å². The molecule has 2 amide bonds. The van der Waals surface area contributed by atoms with Gasteiger partial charge in [-0.15, -0.1) is 0 Å². The van der Waals surface area contributed by atoms with E-state index in [0.717, 1.165) is 33.4 Å². The van der Waals surface area contributed by atoms with Crippen molar-refractivity contribution in [2.75, 3.05) is 18.0 Å². The van der Waals surface area contributed by atoms with Gasteiger partial charge in [0, 0.05) is 40.4 Å². The van der Waals surface area contributed by atoms with Crippen molar-refractivity contribution in [3.8, 4) is 0 Å². The Morgan fingerprint density at radius 3 is 2.64 bits per heavy atom. The van der Waals surface area contributed by atoms with Gasteiger partial charge in [-0.1, -0.05) is 12.1 Å². The van der Waals surface area contributed by atoms with Crippen LogP contribution in [0.2, 0.25) is 0 Å². The van der Waals surface area contributed by atoms with Crippen LogP contribution in [0.15, 0.2) is 42.5 Å². The van der Waals surface area contributed by atoms with Crippen molar-refractivity contribution in [2.45, 2.75) is 33.7 Å². The molecule has 2 aromatic carbocycles. The first-order chi connectivity index (χ1) is 13.3. The Kier molecular flexibility index (Phi) is 4.46. The standard InChI is InChI=1S/C23H25N3O2/c1-14-6-5-7-19(10-14)26-12-15(2)25(13-22(26)27)23(28)18-8-9-21-20(11-18)16(3)17(4)24-21/h5-11,15,24H,12-13H2,1-4H3. The first-order valence-electron chi connectivity index (χ1n) is 9.62. The summed E-state index contributed by atoms with van der Waals surface area (Å²) in [5.74, 6) is -0.142. The van der Waals surface area contributed by atoms with E-state index in [0.29, 0.717) is 12.1 Å². The third-order valence-corrected chi connectivity index (χ3v) is 5.71. The van der Waals surface area contributed by atoms with Crippen LogP contribution in [-0.2, 0) is 4.79 Å². The van der Waals surface area contributed by atoms with Crippen molar-refractivity contribution in [3.05, 3.63) is 64.8 Å². The van der Waals surface area contributed by atoms with Gasteiger partial charge in [0.2, 0.25) is 5.91 Å². The van der Waals surface area contributed by atoms with Gasteiger partial charge in [-0.25, -0.2) is 0 Å². The first-order valence-corrected chi connectivity index (χ1v) is 9.62. The molecule has 1 aromatic heterocycles. The van der Waals surface area contributed by atoms with E-state index >= 15 is 0 Å². The van der Waals surface area contributed by atoms with Crippen LogP contribution >= 0.6 is 0 Å². The molecule has 4 rings (SSSR count). The fourth-order valence-corrected chi connectivity index (χ4v) is 3.93. The molecule has 1 atom stereocenters. The van der Waals surface area contributed by atoms with Gasteiger partial charge in [0.05, 0.1) is 0 Å². The van der Waals surface area contributed by atoms with Crippen LogP contribution in [0.4, 0.5) is 5.69 Å². The van der Waals surface area contributed by atoms with E-state index in [2.05, 4.69) is 11.9 Å². The minimum atomic E-state index is -0.0927. The molecule has 0 aliphatic carbocycles. The number of benzene rings is 2. The lowest BCUT2D eigenvalue weighted by Gasteiger charge is -2.39. The van der Waals surface area contributed by atoms with Crippen LogP contribution in [-0.4, -0.2) is 40.8 Å². The van der Waals surface area contributed by atoms with Crippen LogP contribution in [0.5, 0.6) is 0 Å². The number of anilines is 1. The SMILES string of the molecule is Cc1cccc(N2CC(C)N(C(=O)c3ccc4[nH]c(C)c(C)c4c3)CC2=O)c1. The number of amides is 2. The molecule has 1 aliphatic rings. The number of aromatic amines is 1. The highest BCUT2D eigenvalue weighted by Crippen LogP contribution is 2.25. The maximum absolute atomic E-state index is 13.2. The number of aromatic nitrogens is 1. The zero-order valence-corrected chi connectivity index (χ0v) is 16.7. The summed E-state index contributed by atoms with van der Waals surface area (Å²) >= 11 is 0. The number of H-pyrrole nitrogens is 1. The second-order valence-electron chi connectivity index (χ2n) is 7.76. The molecule has 144 valence electrons. The average molecular weight is 375 g/mol. The maximum Gasteiger partial charge on any atom is 0.254 e. The molecule has 0 spiro atoms. The molecule has 1 aliphatic heterocycles. The lowest BCUT2D eigenvalue weighted by molar-refractivity contribution is -0.121. The zero-order valence-electron chi connectivity index (χ0n) is 16.7. The van der Waals surface area contributed by atoms with Crippen molar-refractivity contribution < 1.29 is 9.59 Å². The summed E-state index contributed by atoms with van der Waals surface area (Å²) in [6.45, 7) is 8.68. The lowest BCUT2D eigenvalue weighted by Crippen LogP contribution is -2.57. The summed E-state index contributed by atoms with van der Waals surface area (Å²) in [5, 5.41) is 1.06. The third-order valence-electron chi connectivity index (χ3n) is 5.71. The summed E-state index contributed by atoms with van der Waals surface area (Å²) in [5.41, 5.74) is 5.91. The molecule has 1 unspecified atom stereocenters.